The van der Waals surface area contributed by atoms with Crippen LogP contribution in [0.15, 0.2) is 36.5 Å². The van der Waals surface area contributed by atoms with Crippen molar-refractivity contribution >= 4 is 23.2 Å². The Morgan fingerprint density at radius 1 is 1.27 bits per heavy atom. The normalized spacial score (nSPS) is 22.1. The van der Waals surface area contributed by atoms with Crippen molar-refractivity contribution in [2.45, 2.75) is 25.9 Å². The van der Waals surface area contributed by atoms with Crippen molar-refractivity contribution in [3.8, 4) is 0 Å². The summed E-state index contributed by atoms with van der Waals surface area (Å²) in [4.78, 5) is 32.8. The van der Waals surface area contributed by atoms with Gasteiger partial charge in [-0.05, 0) is 48.6 Å². The third-order valence-corrected chi connectivity index (χ3v) is 6.07. The second kappa shape index (κ2) is 6.90. The number of carbonyl (C=O) groups excluding carboxylic acids is 2. The summed E-state index contributed by atoms with van der Waals surface area (Å²) in [5.74, 6) is -1.90. The molecule has 2 atom stereocenters. The van der Waals surface area contributed by atoms with Gasteiger partial charge in [-0.1, -0.05) is 12.1 Å². The van der Waals surface area contributed by atoms with Crippen molar-refractivity contribution in [2.75, 3.05) is 18.4 Å². The second-order valence-corrected chi connectivity index (χ2v) is 8.04. The van der Waals surface area contributed by atoms with Crippen LogP contribution in [-0.4, -0.2) is 45.9 Å². The number of carbonyl (C=O) groups is 2. The standard InChI is InChI=1S/C22H20F2N4O2/c1-12-2-3-14(8-25-12)15-6-13-7-19(15)28(9-13)20(29)11-27-10-16-18(26-22(27)30)5-4-17(23)21(16)24/h2-6,8,13,19H,7,9-11H2,1H3,(H,26,30)/t13-,19-/m1/s1. The Morgan fingerprint density at radius 2 is 2.10 bits per heavy atom. The molecular formula is C22H20F2N4O2. The van der Waals surface area contributed by atoms with E-state index in [2.05, 4.69) is 16.4 Å². The van der Waals surface area contributed by atoms with Gasteiger partial charge in [-0.25, -0.2) is 13.6 Å². The van der Waals surface area contributed by atoms with Gasteiger partial charge in [-0.15, -0.1) is 0 Å². The van der Waals surface area contributed by atoms with Crippen LogP contribution in [0.25, 0.3) is 5.57 Å². The minimum absolute atomic E-state index is 0.0525. The molecule has 6 nitrogen and oxygen atoms in total. The van der Waals surface area contributed by atoms with Gasteiger partial charge in [0, 0.05) is 24.0 Å². The van der Waals surface area contributed by atoms with Crippen LogP contribution in [0.2, 0.25) is 0 Å². The summed E-state index contributed by atoms with van der Waals surface area (Å²) >= 11 is 0. The fourth-order valence-corrected chi connectivity index (χ4v) is 4.55. The van der Waals surface area contributed by atoms with Crippen molar-refractivity contribution in [1.29, 1.82) is 0 Å². The van der Waals surface area contributed by atoms with Gasteiger partial charge in [0.05, 0.1) is 18.3 Å². The first-order valence-electron chi connectivity index (χ1n) is 9.87. The van der Waals surface area contributed by atoms with Gasteiger partial charge < -0.3 is 15.1 Å². The SMILES string of the molecule is Cc1ccc(C2=C[C@@H]3C[C@H]2N(C(=O)CN2Cc4c(ccc(F)c4F)NC2=O)C3)cn1. The molecule has 1 aliphatic carbocycles. The maximum absolute atomic E-state index is 14.2. The van der Waals surface area contributed by atoms with Crippen LogP contribution >= 0.6 is 0 Å². The monoisotopic (exact) mass is 410 g/mol. The number of halogens is 2. The predicted molar refractivity (Wildman–Crippen MR) is 106 cm³/mol. The van der Waals surface area contributed by atoms with Crippen molar-refractivity contribution in [2.24, 2.45) is 5.92 Å². The Hall–Kier alpha value is -3.29. The number of hydrogen-bond acceptors (Lipinski definition) is 3. The van der Waals surface area contributed by atoms with Crippen LogP contribution in [0.5, 0.6) is 0 Å². The Labute approximate surface area is 172 Å². The highest BCUT2D eigenvalue weighted by Crippen LogP contribution is 2.41. The molecule has 0 spiro atoms. The molecule has 8 heteroatoms. The van der Waals surface area contributed by atoms with Crippen molar-refractivity contribution in [1.82, 2.24) is 14.8 Å². The van der Waals surface area contributed by atoms with E-state index in [4.69, 9.17) is 0 Å². The fraction of sp³-hybridized carbons (Fsp3) is 0.318. The number of amides is 3. The predicted octanol–water partition coefficient (Wildman–Crippen LogP) is 3.33. The van der Waals surface area contributed by atoms with Crippen LogP contribution in [-0.2, 0) is 11.3 Å². The topological polar surface area (TPSA) is 65.5 Å². The molecule has 1 fully saturated rings. The smallest absolute Gasteiger partial charge is 0.322 e. The molecule has 2 aromatic rings. The number of nitrogens with zero attached hydrogens (tertiary/aromatic N) is 3. The number of rotatable bonds is 3. The Kier molecular flexibility index (Phi) is 4.30. The third-order valence-electron chi connectivity index (χ3n) is 6.07. The highest BCUT2D eigenvalue weighted by Gasteiger charge is 2.42. The summed E-state index contributed by atoms with van der Waals surface area (Å²) in [5.41, 5.74) is 3.29. The fourth-order valence-electron chi connectivity index (χ4n) is 4.55. The van der Waals surface area contributed by atoms with E-state index < -0.39 is 17.7 Å². The molecule has 2 aliphatic heterocycles. The highest BCUT2D eigenvalue weighted by molar-refractivity contribution is 5.95. The summed E-state index contributed by atoms with van der Waals surface area (Å²) in [6, 6.07) is 5.70. The van der Waals surface area contributed by atoms with Crippen molar-refractivity contribution in [3.05, 3.63) is 65.0 Å². The lowest BCUT2D eigenvalue weighted by molar-refractivity contribution is -0.132. The van der Waals surface area contributed by atoms with E-state index in [1.54, 1.807) is 4.90 Å². The molecule has 2 bridgehead atoms. The third kappa shape index (κ3) is 3.03. The lowest BCUT2D eigenvalue weighted by Crippen LogP contribution is -2.48. The lowest BCUT2D eigenvalue weighted by Gasteiger charge is -2.33. The molecule has 0 saturated carbocycles. The van der Waals surface area contributed by atoms with E-state index in [0.717, 1.165) is 29.3 Å². The summed E-state index contributed by atoms with van der Waals surface area (Å²) in [6.45, 7) is 2.18. The van der Waals surface area contributed by atoms with E-state index in [1.165, 1.54) is 11.0 Å². The van der Waals surface area contributed by atoms with E-state index in [-0.39, 0.29) is 42.2 Å². The molecule has 1 aromatic carbocycles. The zero-order valence-electron chi connectivity index (χ0n) is 16.4. The number of anilines is 1. The summed E-state index contributed by atoms with van der Waals surface area (Å²) < 4.78 is 27.7. The van der Waals surface area contributed by atoms with Gasteiger partial charge in [0.15, 0.2) is 11.6 Å². The first-order valence-corrected chi connectivity index (χ1v) is 9.87. The van der Waals surface area contributed by atoms with Crippen LogP contribution in [0.3, 0.4) is 0 Å². The van der Waals surface area contributed by atoms with Gasteiger partial charge in [0.25, 0.3) is 0 Å². The molecule has 1 saturated heterocycles. The Bertz CT molecular complexity index is 1080. The molecule has 5 rings (SSSR count). The van der Waals surface area contributed by atoms with E-state index in [1.807, 2.05) is 25.3 Å². The van der Waals surface area contributed by atoms with Crippen LogP contribution < -0.4 is 5.32 Å². The van der Waals surface area contributed by atoms with E-state index in [9.17, 15) is 18.4 Å². The first kappa shape index (κ1) is 18.7. The molecule has 3 aliphatic rings. The van der Waals surface area contributed by atoms with Crippen molar-refractivity contribution < 1.29 is 18.4 Å². The number of fused-ring (bicyclic) bond motifs is 3. The second-order valence-electron chi connectivity index (χ2n) is 8.04. The number of benzene rings is 1. The van der Waals surface area contributed by atoms with Crippen LogP contribution in [0.4, 0.5) is 19.3 Å². The van der Waals surface area contributed by atoms with Gasteiger partial charge in [0.1, 0.15) is 6.54 Å². The highest BCUT2D eigenvalue weighted by atomic mass is 19.2. The maximum atomic E-state index is 14.2. The molecule has 0 radical (unpaired) electrons. The van der Waals surface area contributed by atoms with Gasteiger partial charge in [0.2, 0.25) is 5.91 Å². The van der Waals surface area contributed by atoms with Crippen LogP contribution in [0.1, 0.15) is 23.2 Å². The van der Waals surface area contributed by atoms with Crippen molar-refractivity contribution in [3.63, 3.8) is 0 Å². The molecular weight excluding hydrogens is 390 g/mol. The molecule has 1 N–H and O–H groups in total. The minimum Gasteiger partial charge on any atom is -0.333 e. The first-order chi connectivity index (χ1) is 14.4. The summed E-state index contributed by atoms with van der Waals surface area (Å²) in [5, 5.41) is 2.54. The number of aryl methyl sites for hydroxylation is 1. The molecule has 3 amide bonds. The largest absolute Gasteiger partial charge is 0.333 e. The maximum Gasteiger partial charge on any atom is 0.322 e. The molecule has 0 unspecified atom stereocenters. The van der Waals surface area contributed by atoms with Gasteiger partial charge in [-0.3, -0.25) is 9.78 Å². The number of urea groups is 1. The Balaban J connectivity index is 1.33. The average molecular weight is 410 g/mol. The summed E-state index contributed by atoms with van der Waals surface area (Å²) in [7, 11) is 0. The van der Waals surface area contributed by atoms with Gasteiger partial charge >= 0.3 is 6.03 Å². The number of likely N-dealkylation sites (tertiary alicyclic amines) is 1. The summed E-state index contributed by atoms with van der Waals surface area (Å²) in [6.07, 6.45) is 4.86. The van der Waals surface area contributed by atoms with E-state index >= 15 is 0 Å². The molecule has 30 heavy (non-hydrogen) atoms. The van der Waals surface area contributed by atoms with Crippen LogP contribution in [0, 0.1) is 24.5 Å². The Morgan fingerprint density at radius 3 is 2.83 bits per heavy atom. The molecule has 154 valence electrons. The molecule has 1 aromatic heterocycles. The zero-order chi connectivity index (χ0) is 21.0. The number of aromatic nitrogens is 1. The lowest BCUT2D eigenvalue weighted by atomic mass is 10.0. The van der Waals surface area contributed by atoms with Gasteiger partial charge in [-0.2, -0.15) is 0 Å². The zero-order valence-corrected chi connectivity index (χ0v) is 16.4. The quantitative estimate of drug-likeness (QED) is 0.844. The average Bonchev–Trinajstić information content (AvgIpc) is 3.34. The van der Waals surface area contributed by atoms with E-state index in [0.29, 0.717) is 6.54 Å². The number of hydrogen-bond donors (Lipinski definition) is 1. The number of pyridine rings is 1. The number of nitrogens with one attached hydrogen (secondary N) is 1. The molecule has 3 heterocycles. The minimum atomic E-state index is -0.998.